The van der Waals surface area contributed by atoms with Crippen LogP contribution in [-0.2, 0) is 38.1 Å². The minimum absolute atomic E-state index is 0.0700. The highest BCUT2D eigenvalue weighted by molar-refractivity contribution is 7.16. The molecule has 13 atom stereocenters. The molecule has 3 saturated heterocycles. The predicted molar refractivity (Wildman–Crippen MR) is 204 cm³/mol. The first-order valence-corrected chi connectivity index (χ1v) is 19.8. The van der Waals surface area contributed by atoms with E-state index in [1.54, 1.807) is 59.1 Å². The van der Waals surface area contributed by atoms with E-state index >= 15 is 0 Å². The summed E-state index contributed by atoms with van der Waals surface area (Å²) in [6, 6.07) is 2.91. The number of rotatable bonds is 8. The molecule has 0 aliphatic carbocycles. The van der Waals surface area contributed by atoms with E-state index in [1.807, 2.05) is 55.6 Å². The van der Waals surface area contributed by atoms with Gasteiger partial charge in [-0.3, -0.25) is 14.4 Å². The number of thiophene rings is 1. The predicted octanol–water partition coefficient (Wildman–Crippen LogP) is 5.17. The number of nitrogens with zero attached hydrogens (tertiary/aromatic N) is 2. The molecular formula is C40H57N3O10S. The first-order chi connectivity index (χ1) is 25.4. The van der Waals surface area contributed by atoms with E-state index in [0.29, 0.717) is 6.42 Å². The molecule has 3 aliphatic heterocycles. The van der Waals surface area contributed by atoms with Gasteiger partial charge in [0.1, 0.15) is 28.7 Å². The number of pyridine rings is 1. The molecule has 2 aromatic rings. The number of aromatic nitrogens is 1. The number of cyclic esters (lactones) is 1. The molecule has 1 amide bonds. The summed E-state index contributed by atoms with van der Waals surface area (Å²) in [5.41, 5.74) is -1.85. The Hall–Kier alpha value is -3.27. The zero-order chi connectivity index (χ0) is 39.7. The van der Waals surface area contributed by atoms with Crippen LogP contribution in [0.25, 0.3) is 16.3 Å². The smallest absolute Gasteiger partial charge is 0.408 e. The first kappa shape index (κ1) is 41.9. The lowest BCUT2D eigenvalue weighted by Crippen LogP contribution is -2.60. The van der Waals surface area contributed by atoms with Crippen LogP contribution in [0.1, 0.15) is 80.2 Å². The summed E-state index contributed by atoms with van der Waals surface area (Å²) in [6.45, 7) is 13.9. The minimum atomic E-state index is -1.37. The zero-order valence-electron chi connectivity index (χ0n) is 33.1. The maximum atomic E-state index is 14.4. The van der Waals surface area contributed by atoms with Gasteiger partial charge in [-0.05, 0) is 84.1 Å². The molecule has 13 nitrogen and oxygen atoms in total. The number of alkyl carbamates (subject to hydrolysis) is 1. The Morgan fingerprint density at radius 2 is 1.81 bits per heavy atom. The van der Waals surface area contributed by atoms with Gasteiger partial charge in [-0.25, -0.2) is 9.78 Å². The summed E-state index contributed by atoms with van der Waals surface area (Å²) in [5.74, 6) is -5.09. The van der Waals surface area contributed by atoms with Crippen LogP contribution >= 0.6 is 11.3 Å². The number of hydrogen-bond acceptors (Lipinski definition) is 13. The summed E-state index contributed by atoms with van der Waals surface area (Å²) in [6.07, 6.45) is 1.17. The van der Waals surface area contributed by atoms with Crippen molar-refractivity contribution in [1.82, 2.24) is 15.2 Å². The Balaban J connectivity index is 1.56. The molecule has 0 unspecified atom stereocenters. The van der Waals surface area contributed by atoms with Gasteiger partial charge in [0, 0.05) is 35.4 Å². The van der Waals surface area contributed by atoms with Crippen molar-refractivity contribution in [2.24, 2.45) is 23.7 Å². The van der Waals surface area contributed by atoms with Crippen LogP contribution in [0.3, 0.4) is 0 Å². The lowest BCUT2D eigenvalue weighted by molar-refractivity contribution is -0.296. The SMILES string of the molecule is CC[C@H]1OC(=O)[C@H](C)C(=O)[C@H](C)[C@@H](O[C@@H]2O[C@H](C)C[C@H](N(C)C)[C@H]2O)[C@](C)(OC/C=C/c2cnc3sccc3c2)C[C@@H](C)C(=O)[C@H](C)[C@H]2NC(=O)O[C@@]21C. The van der Waals surface area contributed by atoms with Crippen LogP contribution in [0.5, 0.6) is 0 Å². The zero-order valence-corrected chi connectivity index (χ0v) is 33.9. The topological polar surface area (TPSA) is 163 Å². The molecule has 14 heteroatoms. The number of ketones is 2. The van der Waals surface area contributed by atoms with Crippen molar-refractivity contribution in [3.8, 4) is 0 Å². The minimum Gasteiger partial charge on any atom is -0.458 e. The molecule has 0 spiro atoms. The highest BCUT2D eigenvalue weighted by atomic mass is 32.1. The highest BCUT2D eigenvalue weighted by Gasteiger charge is 2.57. The molecule has 298 valence electrons. The lowest BCUT2D eigenvalue weighted by Gasteiger charge is -2.47. The molecule has 0 saturated carbocycles. The normalized spacial score (nSPS) is 38.6. The second-order valence-electron chi connectivity index (χ2n) is 16.0. The third-order valence-corrected chi connectivity index (χ3v) is 12.4. The monoisotopic (exact) mass is 771 g/mol. The molecule has 0 aromatic carbocycles. The third-order valence-electron chi connectivity index (χ3n) is 11.6. The lowest BCUT2D eigenvalue weighted by atomic mass is 9.73. The Labute approximate surface area is 322 Å². The first-order valence-electron chi connectivity index (χ1n) is 19.0. The molecule has 5 rings (SSSR count). The molecule has 0 radical (unpaired) electrons. The second-order valence-corrected chi connectivity index (χ2v) is 16.9. The van der Waals surface area contributed by atoms with Gasteiger partial charge in [-0.2, -0.15) is 0 Å². The number of amides is 1. The summed E-state index contributed by atoms with van der Waals surface area (Å²) in [5, 5.41) is 17.4. The van der Waals surface area contributed by atoms with Crippen LogP contribution < -0.4 is 5.32 Å². The van der Waals surface area contributed by atoms with Crippen LogP contribution in [0.2, 0.25) is 0 Å². The molecular weight excluding hydrogens is 715 g/mol. The fourth-order valence-corrected chi connectivity index (χ4v) is 9.24. The number of likely N-dealkylation sites (N-methyl/N-ethyl adjacent to an activating group) is 1. The van der Waals surface area contributed by atoms with E-state index in [9.17, 15) is 24.3 Å². The van der Waals surface area contributed by atoms with Crippen LogP contribution in [-0.4, -0.2) is 113 Å². The van der Waals surface area contributed by atoms with Crippen molar-refractivity contribution in [2.75, 3.05) is 20.7 Å². The Kier molecular flexibility index (Phi) is 13.1. The van der Waals surface area contributed by atoms with E-state index in [0.717, 1.165) is 15.8 Å². The molecule has 54 heavy (non-hydrogen) atoms. The van der Waals surface area contributed by atoms with Gasteiger partial charge in [0.2, 0.25) is 0 Å². The largest absolute Gasteiger partial charge is 0.458 e. The standard InChI is InChI=1S/C40H57N3O10S/c1-11-29-40(8)33(42-38(48)53-40)23(4)30(44)21(2)19-39(7,49-15-12-13-26-18-27-14-16-54-35(27)41-20-26)34(24(5)31(45)25(6)36(47)51-29)52-37-32(46)28(43(9)10)17-22(3)50-37/h12-14,16,18,20-25,28-29,32-34,37,46H,11,15,17,19H2,1-10H3,(H,42,48)/b13-12+/t21-,22-,23+,24+,25-,28+,29-,32-,33-,34-,37+,39-,40-/m1/s1. The van der Waals surface area contributed by atoms with E-state index in [4.69, 9.17) is 23.7 Å². The second kappa shape index (κ2) is 16.8. The van der Waals surface area contributed by atoms with Gasteiger partial charge in [-0.15, -0.1) is 11.3 Å². The molecule has 5 heterocycles. The average molecular weight is 772 g/mol. The third kappa shape index (κ3) is 8.58. The van der Waals surface area contributed by atoms with Crippen LogP contribution in [0.4, 0.5) is 4.79 Å². The van der Waals surface area contributed by atoms with E-state index < -0.39 is 83.4 Å². The number of esters is 1. The van der Waals surface area contributed by atoms with Crippen molar-refractivity contribution in [1.29, 1.82) is 0 Å². The number of aliphatic hydroxyl groups excluding tert-OH is 1. The molecule has 3 aliphatic rings. The van der Waals surface area contributed by atoms with Crippen molar-refractivity contribution >= 4 is 51.3 Å². The summed E-state index contributed by atoms with van der Waals surface area (Å²) < 4.78 is 31.3. The van der Waals surface area contributed by atoms with Crippen LogP contribution in [0.15, 0.2) is 29.8 Å². The van der Waals surface area contributed by atoms with Gasteiger partial charge in [0.25, 0.3) is 0 Å². The summed E-state index contributed by atoms with van der Waals surface area (Å²) in [7, 11) is 3.74. The van der Waals surface area contributed by atoms with Gasteiger partial charge >= 0.3 is 12.1 Å². The Bertz CT molecular complexity index is 1720. The molecule has 3 fully saturated rings. The number of fused-ring (bicyclic) bond motifs is 2. The van der Waals surface area contributed by atoms with Gasteiger partial charge < -0.3 is 39.0 Å². The average Bonchev–Trinajstić information content (AvgIpc) is 3.73. The molecule has 0 bridgehead atoms. The van der Waals surface area contributed by atoms with Crippen molar-refractivity contribution in [3.63, 3.8) is 0 Å². The number of hydrogen-bond donors (Lipinski definition) is 2. The van der Waals surface area contributed by atoms with Gasteiger partial charge in [-0.1, -0.05) is 39.8 Å². The number of carbonyl (C=O) groups is 4. The highest BCUT2D eigenvalue weighted by Crippen LogP contribution is 2.40. The number of Topliss-reactive ketones (excluding diaryl/α,β-unsaturated/α-hetero) is 2. The maximum Gasteiger partial charge on any atom is 0.408 e. The van der Waals surface area contributed by atoms with Crippen LogP contribution in [0, 0.1) is 23.7 Å². The van der Waals surface area contributed by atoms with Gasteiger partial charge in [0.15, 0.2) is 17.7 Å². The number of ether oxygens (including phenoxy) is 5. The van der Waals surface area contributed by atoms with Crippen molar-refractivity contribution in [3.05, 3.63) is 35.3 Å². The van der Waals surface area contributed by atoms with E-state index in [2.05, 4.69) is 10.3 Å². The number of carbonyl (C=O) groups excluding carboxylic acids is 4. The fourth-order valence-electron chi connectivity index (χ4n) is 8.52. The summed E-state index contributed by atoms with van der Waals surface area (Å²) in [4.78, 5) is 62.7. The fraction of sp³-hybridized carbons (Fsp3) is 0.675. The number of aliphatic hydroxyl groups is 1. The Morgan fingerprint density at radius 3 is 2.50 bits per heavy atom. The van der Waals surface area contributed by atoms with Gasteiger partial charge in [0.05, 0.1) is 30.5 Å². The molecule has 2 aromatic heterocycles. The Morgan fingerprint density at radius 1 is 1.09 bits per heavy atom. The quantitative estimate of drug-likeness (QED) is 0.268. The number of nitrogens with one attached hydrogen (secondary N) is 1. The summed E-state index contributed by atoms with van der Waals surface area (Å²) >= 11 is 1.56. The van der Waals surface area contributed by atoms with E-state index in [-0.39, 0.29) is 37.4 Å². The maximum absolute atomic E-state index is 14.4. The van der Waals surface area contributed by atoms with Crippen molar-refractivity contribution in [2.45, 2.75) is 129 Å². The molecule has 2 N–H and O–H groups in total. The van der Waals surface area contributed by atoms with E-state index in [1.165, 1.54) is 6.92 Å². The van der Waals surface area contributed by atoms with Crippen molar-refractivity contribution < 1.29 is 48.0 Å².